The van der Waals surface area contributed by atoms with Crippen LogP contribution in [-0.2, 0) is 19.6 Å². The Kier molecular flexibility index (Phi) is 6.52. The zero-order valence-electron chi connectivity index (χ0n) is 15.6. The molecule has 1 aromatic carbocycles. The van der Waals surface area contributed by atoms with Crippen molar-refractivity contribution in [2.24, 2.45) is 5.92 Å². The minimum absolute atomic E-state index is 0.0477. The molecule has 2 aliphatic rings. The molecular weight excluding hydrogens is 368 g/mol. The maximum Gasteiger partial charge on any atom is 0.240 e. The summed E-state index contributed by atoms with van der Waals surface area (Å²) in [4.78, 5) is 12.2. The Morgan fingerprint density at radius 3 is 2.63 bits per heavy atom. The van der Waals surface area contributed by atoms with Crippen LogP contribution in [0.25, 0.3) is 0 Å². The van der Waals surface area contributed by atoms with E-state index in [1.54, 1.807) is 31.2 Å². The lowest BCUT2D eigenvalue weighted by atomic mass is 9.97. The van der Waals surface area contributed by atoms with Gasteiger partial charge in [0.05, 0.1) is 23.6 Å². The number of aliphatic hydroxyl groups excluding tert-OH is 1. The van der Waals surface area contributed by atoms with Crippen LogP contribution in [0.1, 0.15) is 37.7 Å². The number of carbonyl (C=O) groups excluding carboxylic acids is 1. The second-order valence-corrected chi connectivity index (χ2v) is 9.13. The molecule has 3 N–H and O–H groups in total. The summed E-state index contributed by atoms with van der Waals surface area (Å²) in [5.74, 6) is 0.171. The molecule has 150 valence electrons. The number of benzene rings is 1. The Bertz CT molecular complexity index is 763. The van der Waals surface area contributed by atoms with Crippen LogP contribution in [0.5, 0.6) is 0 Å². The average Bonchev–Trinajstić information content (AvgIpc) is 3.48. The fraction of sp³-hybridized carbons (Fsp3) is 0.632. The number of ether oxygens (including phenoxy) is 1. The van der Waals surface area contributed by atoms with Crippen molar-refractivity contribution >= 4 is 15.9 Å². The van der Waals surface area contributed by atoms with Crippen LogP contribution >= 0.6 is 0 Å². The quantitative estimate of drug-likeness (QED) is 0.610. The van der Waals surface area contributed by atoms with Crippen molar-refractivity contribution in [2.75, 3.05) is 13.2 Å². The number of hydrogen-bond acceptors (Lipinski definition) is 5. The van der Waals surface area contributed by atoms with Crippen LogP contribution in [-0.4, -0.2) is 50.8 Å². The molecule has 0 bridgehead atoms. The van der Waals surface area contributed by atoms with E-state index in [1.165, 1.54) is 0 Å². The second-order valence-electron chi connectivity index (χ2n) is 7.40. The van der Waals surface area contributed by atoms with Gasteiger partial charge in [-0.25, -0.2) is 13.1 Å². The average molecular weight is 397 g/mol. The van der Waals surface area contributed by atoms with Crippen molar-refractivity contribution < 1.29 is 23.1 Å². The zero-order chi connectivity index (χ0) is 19.4. The van der Waals surface area contributed by atoms with E-state index in [0.717, 1.165) is 25.7 Å². The molecule has 3 atom stereocenters. The molecule has 2 fully saturated rings. The third-order valence-corrected chi connectivity index (χ3v) is 6.83. The van der Waals surface area contributed by atoms with Crippen LogP contribution in [0.3, 0.4) is 0 Å². The summed E-state index contributed by atoms with van der Waals surface area (Å²) in [6.07, 6.45) is 3.25. The number of nitrogens with one attached hydrogen (secondary N) is 2. The predicted octanol–water partition coefficient (Wildman–Crippen LogP) is 1.10. The number of sulfonamides is 1. The van der Waals surface area contributed by atoms with E-state index in [0.29, 0.717) is 12.0 Å². The van der Waals surface area contributed by atoms with Gasteiger partial charge in [0.1, 0.15) is 6.10 Å². The van der Waals surface area contributed by atoms with E-state index >= 15 is 0 Å². The maximum absolute atomic E-state index is 12.4. The lowest BCUT2D eigenvalue weighted by molar-refractivity contribution is -0.129. The van der Waals surface area contributed by atoms with E-state index in [4.69, 9.17) is 4.74 Å². The Labute approximate surface area is 160 Å². The molecule has 3 rings (SSSR count). The minimum Gasteiger partial charge on any atom is -0.394 e. The van der Waals surface area contributed by atoms with Crippen molar-refractivity contribution in [1.82, 2.24) is 10.0 Å². The number of aryl methyl sites for hydroxylation is 1. The summed E-state index contributed by atoms with van der Waals surface area (Å²) in [6.45, 7) is 1.86. The highest BCUT2D eigenvalue weighted by Gasteiger charge is 2.36. The first-order valence-corrected chi connectivity index (χ1v) is 11.0. The highest BCUT2D eigenvalue weighted by molar-refractivity contribution is 7.89. The fourth-order valence-electron chi connectivity index (χ4n) is 3.45. The van der Waals surface area contributed by atoms with E-state index in [9.17, 15) is 18.3 Å². The van der Waals surface area contributed by atoms with Gasteiger partial charge in [-0.05, 0) is 50.7 Å². The molecule has 1 saturated heterocycles. The fourth-order valence-corrected chi connectivity index (χ4v) is 4.74. The first-order chi connectivity index (χ1) is 12.9. The zero-order valence-corrected chi connectivity index (χ0v) is 16.4. The molecule has 1 aromatic rings. The molecule has 0 aromatic heterocycles. The molecule has 1 heterocycles. The molecule has 0 spiro atoms. The molecule has 27 heavy (non-hydrogen) atoms. The minimum atomic E-state index is -3.55. The summed E-state index contributed by atoms with van der Waals surface area (Å²) in [5, 5.41) is 12.6. The number of hydrogen-bond donors (Lipinski definition) is 3. The Balaban J connectivity index is 1.48. The van der Waals surface area contributed by atoms with Crippen LogP contribution in [0.2, 0.25) is 0 Å². The van der Waals surface area contributed by atoms with Crippen LogP contribution < -0.4 is 10.0 Å². The summed E-state index contributed by atoms with van der Waals surface area (Å²) in [7, 11) is -3.55. The van der Waals surface area contributed by atoms with Gasteiger partial charge in [-0.3, -0.25) is 4.79 Å². The lowest BCUT2D eigenvalue weighted by Gasteiger charge is -2.36. The highest BCUT2D eigenvalue weighted by atomic mass is 32.2. The van der Waals surface area contributed by atoms with Gasteiger partial charge in [0.2, 0.25) is 15.9 Å². The van der Waals surface area contributed by atoms with Crippen molar-refractivity contribution in [1.29, 1.82) is 0 Å². The predicted molar refractivity (Wildman–Crippen MR) is 101 cm³/mol. The Hall–Kier alpha value is -1.48. The second kappa shape index (κ2) is 8.68. The molecule has 1 amide bonds. The molecule has 8 heteroatoms. The molecule has 1 saturated carbocycles. The first kappa shape index (κ1) is 20.3. The van der Waals surface area contributed by atoms with Gasteiger partial charge < -0.3 is 15.2 Å². The van der Waals surface area contributed by atoms with E-state index in [-0.39, 0.29) is 42.0 Å². The first-order valence-electron chi connectivity index (χ1n) is 9.52. The third kappa shape index (κ3) is 5.28. The van der Waals surface area contributed by atoms with Gasteiger partial charge in [0.25, 0.3) is 0 Å². The summed E-state index contributed by atoms with van der Waals surface area (Å²) < 4.78 is 33.4. The number of carbonyl (C=O) groups is 1. The van der Waals surface area contributed by atoms with Crippen molar-refractivity contribution in [3.63, 3.8) is 0 Å². The molecule has 7 nitrogen and oxygen atoms in total. The molecule has 0 radical (unpaired) electrons. The Morgan fingerprint density at radius 1 is 1.22 bits per heavy atom. The van der Waals surface area contributed by atoms with Crippen LogP contribution in [0.15, 0.2) is 29.2 Å². The number of amides is 1. The highest BCUT2D eigenvalue weighted by Crippen LogP contribution is 2.30. The number of aliphatic hydroxyl groups is 1. The van der Waals surface area contributed by atoms with Gasteiger partial charge >= 0.3 is 0 Å². The standard InChI is InChI=1S/C19H28N2O5S/c1-13-4-2-3-5-18(13)27(24,25)20-11-10-15-8-9-16(17(12-22)26-15)21-19(23)14-6-7-14/h2-5,14-17,20,22H,6-12H2,1H3,(H,21,23)/t15-,16+,17-/m0/s1. The third-order valence-electron chi connectivity index (χ3n) is 5.21. The topological polar surface area (TPSA) is 105 Å². The Morgan fingerprint density at radius 2 is 1.96 bits per heavy atom. The van der Waals surface area contributed by atoms with Gasteiger partial charge in [0, 0.05) is 12.5 Å². The normalized spacial score (nSPS) is 25.9. The maximum atomic E-state index is 12.4. The van der Waals surface area contributed by atoms with Crippen LogP contribution in [0.4, 0.5) is 0 Å². The molecular formula is C19H28N2O5S. The van der Waals surface area contributed by atoms with Crippen LogP contribution in [0, 0.1) is 12.8 Å². The van der Waals surface area contributed by atoms with Gasteiger partial charge in [-0.2, -0.15) is 0 Å². The molecule has 1 aliphatic heterocycles. The largest absolute Gasteiger partial charge is 0.394 e. The van der Waals surface area contributed by atoms with Gasteiger partial charge in [0.15, 0.2) is 0 Å². The SMILES string of the molecule is Cc1ccccc1S(=O)(=O)NCC[C@@H]1CC[C@@H](NC(=O)C2CC2)[C@H](CO)O1. The lowest BCUT2D eigenvalue weighted by Crippen LogP contribution is -2.51. The van der Waals surface area contributed by atoms with Crippen molar-refractivity contribution in [3.8, 4) is 0 Å². The van der Waals surface area contributed by atoms with E-state index < -0.39 is 16.1 Å². The van der Waals surface area contributed by atoms with Gasteiger partial charge in [-0.15, -0.1) is 0 Å². The summed E-state index contributed by atoms with van der Waals surface area (Å²) in [5.41, 5.74) is 0.702. The summed E-state index contributed by atoms with van der Waals surface area (Å²) >= 11 is 0. The molecule has 0 unspecified atom stereocenters. The van der Waals surface area contributed by atoms with E-state index in [2.05, 4.69) is 10.0 Å². The van der Waals surface area contributed by atoms with E-state index in [1.807, 2.05) is 0 Å². The summed E-state index contributed by atoms with van der Waals surface area (Å²) in [6, 6.07) is 6.68. The number of rotatable bonds is 8. The van der Waals surface area contributed by atoms with Gasteiger partial charge in [-0.1, -0.05) is 18.2 Å². The monoisotopic (exact) mass is 396 g/mol. The smallest absolute Gasteiger partial charge is 0.240 e. The van der Waals surface area contributed by atoms with Crippen molar-refractivity contribution in [3.05, 3.63) is 29.8 Å². The molecule has 1 aliphatic carbocycles. The van der Waals surface area contributed by atoms with Crippen molar-refractivity contribution in [2.45, 2.75) is 62.2 Å².